The number of aliphatic hydroxyl groups is 2. The number of hydrogen-bond acceptors (Lipinski definition) is 7. The van der Waals surface area contributed by atoms with Gasteiger partial charge in [0.05, 0.1) is 13.2 Å². The van der Waals surface area contributed by atoms with E-state index >= 15 is 0 Å². The van der Waals surface area contributed by atoms with Gasteiger partial charge in [0.1, 0.15) is 11.8 Å². The van der Waals surface area contributed by atoms with Crippen molar-refractivity contribution in [3.8, 4) is 0 Å². The maximum atomic E-state index is 14.0. The minimum Gasteiger partial charge on any atom is -0.466 e. The van der Waals surface area contributed by atoms with Crippen molar-refractivity contribution < 1.29 is 55.6 Å². The smallest absolute Gasteiger partial charge is 0.432 e. The Morgan fingerprint density at radius 2 is 1.27 bits per heavy atom. The Bertz CT molecular complexity index is 831. The van der Waals surface area contributed by atoms with Crippen molar-refractivity contribution in [1.82, 2.24) is 5.32 Å². The Morgan fingerprint density at radius 1 is 0.909 bits per heavy atom. The molecule has 3 N–H and O–H groups in total. The molecule has 1 fully saturated rings. The van der Waals surface area contributed by atoms with E-state index in [-0.39, 0.29) is 5.02 Å². The van der Waals surface area contributed by atoms with Crippen LogP contribution in [-0.2, 0) is 19.1 Å². The third-order valence-corrected chi connectivity index (χ3v) is 5.45. The lowest BCUT2D eigenvalue weighted by atomic mass is 9.64. The van der Waals surface area contributed by atoms with E-state index in [0.29, 0.717) is 5.32 Å². The third kappa shape index (κ3) is 4.77. The maximum Gasteiger partial charge on any atom is 0.432 e. The molecule has 7 nitrogen and oxygen atoms in total. The van der Waals surface area contributed by atoms with Gasteiger partial charge in [-0.2, -0.15) is 26.3 Å². The molecular weight excluding hydrogens is 488 g/mol. The number of nitrogens with one attached hydrogen (secondary N) is 1. The summed E-state index contributed by atoms with van der Waals surface area (Å²) in [6.45, 7) is 1.44. The van der Waals surface area contributed by atoms with Crippen LogP contribution in [0.25, 0.3) is 0 Å². The molecule has 0 bridgehead atoms. The topological polar surface area (TPSA) is 105 Å². The van der Waals surface area contributed by atoms with Gasteiger partial charge in [-0.25, -0.2) is 5.32 Å². The largest absolute Gasteiger partial charge is 0.466 e. The van der Waals surface area contributed by atoms with E-state index in [0.717, 1.165) is 24.3 Å². The highest BCUT2D eigenvalue weighted by Gasteiger charge is 2.78. The summed E-state index contributed by atoms with van der Waals surface area (Å²) in [5, 5.41) is 21.8. The first-order valence-corrected chi connectivity index (χ1v) is 9.89. The van der Waals surface area contributed by atoms with Gasteiger partial charge in [0.15, 0.2) is 0 Å². The van der Waals surface area contributed by atoms with E-state index < -0.39 is 72.3 Å². The van der Waals surface area contributed by atoms with E-state index in [9.17, 15) is 46.1 Å². The predicted octanol–water partition coefficient (Wildman–Crippen LogP) is 2.89. The second-order valence-electron chi connectivity index (χ2n) is 7.19. The van der Waals surface area contributed by atoms with E-state index in [1.165, 1.54) is 13.8 Å². The minimum atomic E-state index is -5.94. The summed E-state index contributed by atoms with van der Waals surface area (Å²) < 4.78 is 93.2. The Hall–Kier alpha value is -2.09. The highest BCUT2D eigenvalue weighted by Crippen LogP contribution is 2.55. The number of ether oxygens (including phenoxy) is 2. The zero-order chi connectivity index (χ0) is 25.4. The van der Waals surface area contributed by atoms with Crippen LogP contribution >= 0.6 is 11.6 Å². The SMILES string of the molecule is CCOC(=O)[C@H]1C(c2ccc(Cl)cc2)[C@H](C(=O)OCC)[C@](O)(C(F)(F)F)N[C@]1(O)C(F)(F)F. The van der Waals surface area contributed by atoms with Crippen molar-refractivity contribution in [1.29, 1.82) is 0 Å². The summed E-state index contributed by atoms with van der Waals surface area (Å²) in [6, 6.07) is 4.10. The molecule has 1 saturated heterocycles. The first-order chi connectivity index (χ1) is 15.0. The number of halogens is 7. The van der Waals surface area contributed by atoms with Crippen molar-refractivity contribution in [3.63, 3.8) is 0 Å². The van der Waals surface area contributed by atoms with Crippen LogP contribution in [0, 0.1) is 11.8 Å². The molecule has 1 unspecified atom stereocenters. The summed E-state index contributed by atoms with van der Waals surface area (Å²) >= 11 is 5.75. The molecular formula is C19H20ClF6NO6. The molecule has 1 aliphatic rings. The Morgan fingerprint density at radius 3 is 1.58 bits per heavy atom. The van der Waals surface area contributed by atoms with Crippen molar-refractivity contribution >= 4 is 23.5 Å². The molecule has 2 rings (SSSR count). The molecule has 0 radical (unpaired) electrons. The molecule has 0 aliphatic carbocycles. The van der Waals surface area contributed by atoms with Crippen LogP contribution in [0.15, 0.2) is 24.3 Å². The zero-order valence-corrected chi connectivity index (χ0v) is 17.9. The monoisotopic (exact) mass is 507 g/mol. The molecule has 0 saturated carbocycles. The molecule has 1 heterocycles. The fourth-order valence-electron chi connectivity index (χ4n) is 3.82. The van der Waals surface area contributed by atoms with Crippen molar-refractivity contribution in [2.75, 3.05) is 13.2 Å². The lowest BCUT2D eigenvalue weighted by Crippen LogP contribution is -2.81. The fourth-order valence-corrected chi connectivity index (χ4v) is 3.95. The molecule has 0 amide bonds. The van der Waals surface area contributed by atoms with E-state index in [2.05, 4.69) is 9.47 Å². The molecule has 0 aromatic heterocycles. The summed E-state index contributed by atoms with van der Waals surface area (Å²) in [5.74, 6) is -11.6. The number of esters is 2. The summed E-state index contributed by atoms with van der Waals surface area (Å²) in [4.78, 5) is 25.3. The highest BCUT2D eigenvalue weighted by molar-refractivity contribution is 6.30. The quantitative estimate of drug-likeness (QED) is 0.416. The molecule has 33 heavy (non-hydrogen) atoms. The van der Waals surface area contributed by atoms with Gasteiger partial charge in [-0.3, -0.25) is 9.59 Å². The van der Waals surface area contributed by atoms with Crippen molar-refractivity contribution in [2.24, 2.45) is 11.8 Å². The van der Waals surface area contributed by atoms with Gasteiger partial charge in [0, 0.05) is 10.9 Å². The fraction of sp³-hybridized carbons (Fsp3) is 0.579. The van der Waals surface area contributed by atoms with Gasteiger partial charge in [-0.15, -0.1) is 0 Å². The number of rotatable bonds is 5. The average molecular weight is 508 g/mol. The number of piperidine rings is 1. The van der Waals surface area contributed by atoms with Crippen LogP contribution < -0.4 is 5.32 Å². The second-order valence-corrected chi connectivity index (χ2v) is 7.63. The molecule has 1 aromatic carbocycles. The minimum absolute atomic E-state index is 0.0326. The van der Waals surface area contributed by atoms with Gasteiger partial charge in [-0.1, -0.05) is 23.7 Å². The molecule has 14 heteroatoms. The van der Waals surface area contributed by atoms with Crippen molar-refractivity contribution in [3.05, 3.63) is 34.9 Å². The number of carbonyl (C=O) groups excluding carboxylic acids is 2. The normalized spacial score (nSPS) is 30.6. The van der Waals surface area contributed by atoms with E-state index in [4.69, 9.17) is 11.6 Å². The predicted molar refractivity (Wildman–Crippen MR) is 99.6 cm³/mol. The first-order valence-electron chi connectivity index (χ1n) is 9.51. The second kappa shape index (κ2) is 9.28. The van der Waals surface area contributed by atoms with Crippen LogP contribution in [0.5, 0.6) is 0 Å². The van der Waals surface area contributed by atoms with Gasteiger partial charge in [0.2, 0.25) is 11.4 Å². The lowest BCUT2D eigenvalue weighted by Gasteiger charge is -2.54. The van der Waals surface area contributed by atoms with Gasteiger partial charge >= 0.3 is 24.3 Å². The van der Waals surface area contributed by atoms with Crippen LogP contribution in [0.4, 0.5) is 26.3 Å². The van der Waals surface area contributed by atoms with E-state index in [1.54, 1.807) is 0 Å². The Labute approximate surface area is 188 Å². The van der Waals surface area contributed by atoms with Gasteiger partial charge < -0.3 is 19.7 Å². The molecule has 186 valence electrons. The molecule has 1 aromatic rings. The number of carbonyl (C=O) groups is 2. The van der Waals surface area contributed by atoms with Gasteiger partial charge in [0.25, 0.3) is 0 Å². The number of hydrogen-bond donors (Lipinski definition) is 3. The molecule has 0 spiro atoms. The standard InChI is InChI=1S/C19H20ClF6NO6/c1-3-32-14(28)12-11(9-5-7-10(20)8-6-9)13(15(29)33-4-2)17(31,19(24,25)26)27-16(12,30)18(21,22)23/h5-8,11-13,27,30-31H,3-4H2,1-2H3/t11?,12-,13-,16-,17+/m1/s1. The average Bonchev–Trinajstić information content (AvgIpc) is 2.66. The third-order valence-electron chi connectivity index (χ3n) is 5.20. The van der Waals surface area contributed by atoms with Crippen molar-refractivity contribution in [2.45, 2.75) is 43.6 Å². The zero-order valence-electron chi connectivity index (χ0n) is 17.1. The highest BCUT2D eigenvalue weighted by atomic mass is 35.5. The van der Waals surface area contributed by atoms with Crippen LogP contribution in [0.3, 0.4) is 0 Å². The van der Waals surface area contributed by atoms with Crippen LogP contribution in [0.1, 0.15) is 25.3 Å². The Kier molecular flexibility index (Phi) is 7.63. The first kappa shape index (κ1) is 27.2. The lowest BCUT2D eigenvalue weighted by molar-refractivity contribution is -0.376. The molecule has 1 aliphatic heterocycles. The summed E-state index contributed by atoms with van der Waals surface area (Å²) in [6.07, 6.45) is -11.9. The Balaban J connectivity index is 2.95. The summed E-state index contributed by atoms with van der Waals surface area (Å²) in [5.41, 5.74) is -9.75. The van der Waals surface area contributed by atoms with Crippen LogP contribution in [0.2, 0.25) is 5.02 Å². The van der Waals surface area contributed by atoms with Crippen LogP contribution in [-0.4, -0.2) is 59.2 Å². The maximum absolute atomic E-state index is 14.0. The number of alkyl halides is 6. The molecule has 5 atom stereocenters. The van der Waals surface area contributed by atoms with Gasteiger partial charge in [-0.05, 0) is 31.5 Å². The van der Waals surface area contributed by atoms with E-state index in [1.807, 2.05) is 0 Å². The number of benzene rings is 1. The summed E-state index contributed by atoms with van der Waals surface area (Å²) in [7, 11) is 0.